The van der Waals surface area contributed by atoms with Gasteiger partial charge in [-0.3, -0.25) is 19.0 Å². The first-order chi connectivity index (χ1) is 15.4. The van der Waals surface area contributed by atoms with Crippen LogP contribution in [-0.4, -0.2) is 32.4 Å². The van der Waals surface area contributed by atoms with Crippen molar-refractivity contribution >= 4 is 41.0 Å². The number of nitrogens with zero attached hydrogens (tertiary/aromatic N) is 2. The van der Waals surface area contributed by atoms with Crippen LogP contribution in [0.1, 0.15) is 28.5 Å². The number of hydrogen-bond acceptors (Lipinski definition) is 6. The number of carbonyl (C=O) groups is 2. The summed E-state index contributed by atoms with van der Waals surface area (Å²) >= 11 is 2.80. The molecule has 2 aromatic carbocycles. The Morgan fingerprint density at radius 2 is 1.91 bits per heavy atom. The lowest BCUT2D eigenvalue weighted by atomic mass is 10.2. The van der Waals surface area contributed by atoms with Gasteiger partial charge in [0.2, 0.25) is 11.8 Å². The number of anilines is 1. The lowest BCUT2D eigenvalue weighted by Crippen LogP contribution is -2.26. The molecule has 0 fully saturated rings. The molecule has 164 valence electrons. The smallest absolute Gasteiger partial charge is 0.268 e. The first-order valence-electron chi connectivity index (χ1n) is 10.1. The Morgan fingerprint density at radius 1 is 1.19 bits per heavy atom. The van der Waals surface area contributed by atoms with Crippen molar-refractivity contribution in [2.24, 2.45) is 5.73 Å². The van der Waals surface area contributed by atoms with Gasteiger partial charge in [-0.05, 0) is 29.8 Å². The SMILES string of the molecule is CC1Cc2nc(SCC(=O)Nc3ccc(C(N)=O)cc3)n(Cc3ccccc3)c(=O)c2S1. The average Bonchev–Trinajstić information content (AvgIpc) is 3.16. The molecule has 9 heteroatoms. The highest BCUT2D eigenvalue weighted by Gasteiger charge is 2.26. The second kappa shape index (κ2) is 9.62. The van der Waals surface area contributed by atoms with Gasteiger partial charge < -0.3 is 11.1 Å². The maximum atomic E-state index is 13.2. The molecule has 0 radical (unpaired) electrons. The number of benzene rings is 2. The lowest BCUT2D eigenvalue weighted by Gasteiger charge is -2.14. The second-order valence-corrected chi connectivity index (χ2v) is 9.85. The summed E-state index contributed by atoms with van der Waals surface area (Å²) < 4.78 is 1.65. The van der Waals surface area contributed by atoms with E-state index in [1.807, 2.05) is 30.3 Å². The number of primary amides is 1. The predicted octanol–water partition coefficient (Wildman–Crippen LogP) is 3.16. The number of fused-ring (bicyclic) bond motifs is 1. The molecule has 0 spiro atoms. The maximum Gasteiger partial charge on any atom is 0.268 e. The van der Waals surface area contributed by atoms with Crippen LogP contribution >= 0.6 is 23.5 Å². The first kappa shape index (κ1) is 22.2. The summed E-state index contributed by atoms with van der Waals surface area (Å²) in [6.45, 7) is 2.48. The quantitative estimate of drug-likeness (QED) is 0.409. The molecule has 4 rings (SSSR count). The molecule has 3 aromatic rings. The Morgan fingerprint density at radius 3 is 2.59 bits per heavy atom. The van der Waals surface area contributed by atoms with Crippen LogP contribution in [0.3, 0.4) is 0 Å². The van der Waals surface area contributed by atoms with Crippen molar-refractivity contribution in [3.8, 4) is 0 Å². The van der Waals surface area contributed by atoms with E-state index in [1.165, 1.54) is 11.8 Å². The third kappa shape index (κ3) is 5.05. The number of carbonyl (C=O) groups excluding carboxylic acids is 2. The number of nitrogens with one attached hydrogen (secondary N) is 1. The zero-order valence-corrected chi connectivity index (χ0v) is 19.0. The zero-order chi connectivity index (χ0) is 22.7. The molecular weight excluding hydrogens is 444 g/mol. The highest BCUT2D eigenvalue weighted by Crippen LogP contribution is 2.34. The Kier molecular flexibility index (Phi) is 6.66. The van der Waals surface area contributed by atoms with E-state index in [9.17, 15) is 14.4 Å². The third-order valence-corrected chi connectivity index (χ3v) is 7.12. The minimum atomic E-state index is -0.523. The minimum absolute atomic E-state index is 0.0573. The van der Waals surface area contributed by atoms with Crippen molar-refractivity contribution in [1.29, 1.82) is 0 Å². The van der Waals surface area contributed by atoms with Gasteiger partial charge >= 0.3 is 0 Å². The molecule has 0 aliphatic carbocycles. The van der Waals surface area contributed by atoms with Crippen molar-refractivity contribution in [3.05, 3.63) is 81.8 Å². The van der Waals surface area contributed by atoms with Crippen molar-refractivity contribution in [3.63, 3.8) is 0 Å². The summed E-state index contributed by atoms with van der Waals surface area (Å²) in [5.74, 6) is -0.657. The van der Waals surface area contributed by atoms with Gasteiger partial charge in [0, 0.05) is 22.9 Å². The van der Waals surface area contributed by atoms with Crippen molar-refractivity contribution in [2.45, 2.75) is 35.2 Å². The van der Waals surface area contributed by atoms with E-state index >= 15 is 0 Å². The highest BCUT2D eigenvalue weighted by atomic mass is 32.2. The first-order valence-corrected chi connectivity index (χ1v) is 11.9. The monoisotopic (exact) mass is 466 g/mol. The highest BCUT2D eigenvalue weighted by molar-refractivity contribution is 8.00. The van der Waals surface area contributed by atoms with Crippen LogP contribution in [0.25, 0.3) is 0 Å². The molecule has 7 nitrogen and oxygen atoms in total. The molecule has 0 bridgehead atoms. The number of aromatic nitrogens is 2. The Labute approximate surface area is 193 Å². The summed E-state index contributed by atoms with van der Waals surface area (Å²) in [5.41, 5.74) is 7.92. The molecule has 0 saturated carbocycles. The summed E-state index contributed by atoms with van der Waals surface area (Å²) in [5, 5.41) is 3.63. The average molecular weight is 467 g/mol. The number of rotatable bonds is 7. The molecule has 1 unspecified atom stereocenters. The third-order valence-electron chi connectivity index (χ3n) is 4.93. The normalized spacial score (nSPS) is 14.7. The Bertz CT molecular complexity index is 1210. The fraction of sp³-hybridized carbons (Fsp3) is 0.217. The van der Waals surface area contributed by atoms with E-state index < -0.39 is 5.91 Å². The van der Waals surface area contributed by atoms with Crippen LogP contribution in [-0.2, 0) is 17.8 Å². The number of amides is 2. The molecule has 32 heavy (non-hydrogen) atoms. The van der Waals surface area contributed by atoms with Gasteiger partial charge in [0.25, 0.3) is 5.56 Å². The van der Waals surface area contributed by atoms with E-state index in [2.05, 4.69) is 12.2 Å². The molecule has 1 atom stereocenters. The number of hydrogen-bond donors (Lipinski definition) is 2. The van der Waals surface area contributed by atoms with Crippen molar-refractivity contribution in [2.75, 3.05) is 11.1 Å². The number of thioether (sulfide) groups is 2. The summed E-state index contributed by atoms with van der Waals surface area (Å²) in [6, 6.07) is 16.1. The lowest BCUT2D eigenvalue weighted by molar-refractivity contribution is -0.113. The molecule has 3 N–H and O–H groups in total. The summed E-state index contributed by atoms with van der Waals surface area (Å²) in [6.07, 6.45) is 0.743. The van der Waals surface area contributed by atoms with Crippen LogP contribution in [0.2, 0.25) is 0 Å². The van der Waals surface area contributed by atoms with E-state index in [0.29, 0.717) is 33.1 Å². The largest absolute Gasteiger partial charge is 0.366 e. The van der Waals surface area contributed by atoms with E-state index in [1.54, 1.807) is 40.6 Å². The van der Waals surface area contributed by atoms with Crippen LogP contribution in [0.5, 0.6) is 0 Å². The zero-order valence-electron chi connectivity index (χ0n) is 17.4. The molecule has 1 aliphatic rings. The van der Waals surface area contributed by atoms with Gasteiger partial charge in [-0.1, -0.05) is 49.0 Å². The standard InChI is InChI=1S/C23H22N4O3S2/c1-14-11-18-20(32-14)22(30)27(12-15-5-3-2-4-6-15)23(26-18)31-13-19(28)25-17-9-7-16(8-10-17)21(24)29/h2-10,14H,11-13H2,1H3,(H2,24,29)(H,25,28). The van der Waals surface area contributed by atoms with Gasteiger partial charge in [0.05, 0.1) is 22.9 Å². The second-order valence-electron chi connectivity index (χ2n) is 7.46. The van der Waals surface area contributed by atoms with Crippen molar-refractivity contribution < 1.29 is 9.59 Å². The summed E-state index contributed by atoms with van der Waals surface area (Å²) in [7, 11) is 0. The maximum absolute atomic E-state index is 13.2. The van der Waals surface area contributed by atoms with Gasteiger partial charge in [0.15, 0.2) is 5.16 Å². The van der Waals surface area contributed by atoms with Gasteiger partial charge in [-0.15, -0.1) is 11.8 Å². The van der Waals surface area contributed by atoms with Crippen LogP contribution < -0.4 is 16.6 Å². The molecule has 0 saturated heterocycles. The van der Waals surface area contributed by atoms with E-state index in [-0.39, 0.29) is 17.2 Å². The molecule has 1 aromatic heterocycles. The van der Waals surface area contributed by atoms with E-state index in [4.69, 9.17) is 10.7 Å². The van der Waals surface area contributed by atoms with Crippen LogP contribution in [0.4, 0.5) is 5.69 Å². The topological polar surface area (TPSA) is 107 Å². The fourth-order valence-electron chi connectivity index (χ4n) is 3.39. The summed E-state index contributed by atoms with van der Waals surface area (Å²) in [4.78, 5) is 42.3. The molecule has 1 aliphatic heterocycles. The number of nitrogens with two attached hydrogens (primary N) is 1. The Hall–Kier alpha value is -3.04. The van der Waals surface area contributed by atoms with Crippen LogP contribution in [0, 0.1) is 0 Å². The predicted molar refractivity (Wildman–Crippen MR) is 127 cm³/mol. The van der Waals surface area contributed by atoms with Crippen molar-refractivity contribution in [1.82, 2.24) is 9.55 Å². The van der Waals surface area contributed by atoms with Gasteiger partial charge in [-0.25, -0.2) is 4.98 Å². The molecular formula is C23H22N4O3S2. The van der Waals surface area contributed by atoms with Crippen LogP contribution in [0.15, 0.2) is 69.4 Å². The Balaban J connectivity index is 1.52. The van der Waals surface area contributed by atoms with Gasteiger partial charge in [-0.2, -0.15) is 0 Å². The van der Waals surface area contributed by atoms with E-state index in [0.717, 1.165) is 17.7 Å². The van der Waals surface area contributed by atoms with Gasteiger partial charge in [0.1, 0.15) is 0 Å². The molecule has 2 heterocycles. The fourth-order valence-corrected chi connectivity index (χ4v) is 5.32. The molecule has 2 amide bonds. The minimum Gasteiger partial charge on any atom is -0.366 e.